The minimum atomic E-state index is -0.938. The predicted molar refractivity (Wildman–Crippen MR) is 102 cm³/mol. The van der Waals surface area contributed by atoms with E-state index in [4.69, 9.17) is 15.2 Å². The summed E-state index contributed by atoms with van der Waals surface area (Å²) in [4.78, 5) is 24.7. The monoisotopic (exact) mass is 387 g/mol. The van der Waals surface area contributed by atoms with Crippen molar-refractivity contribution in [3.05, 3.63) is 47.7 Å². The number of nitrogens with two attached hydrogens (primary N) is 1. The first kappa shape index (κ1) is 19.5. The number of hydrogen-bond donors (Lipinski definition) is 2. The van der Waals surface area contributed by atoms with E-state index in [1.54, 1.807) is 13.0 Å². The highest BCUT2D eigenvalue weighted by Gasteiger charge is 2.42. The van der Waals surface area contributed by atoms with E-state index in [-0.39, 0.29) is 23.7 Å². The number of nitrogens with one attached hydrogen (secondary N) is 1. The molecule has 2 heterocycles. The van der Waals surface area contributed by atoms with Gasteiger partial charge >= 0.3 is 0 Å². The predicted octanol–water partition coefficient (Wildman–Crippen LogP) is 2.46. The Kier molecular flexibility index (Phi) is 5.17. The number of methoxy groups -OCH3 is 1. The normalized spacial score (nSPS) is 24.1. The average molecular weight is 387 g/mol. The van der Waals surface area contributed by atoms with Crippen molar-refractivity contribution in [1.29, 1.82) is 0 Å². The van der Waals surface area contributed by atoms with E-state index in [2.05, 4.69) is 20.3 Å². The minimum Gasteiger partial charge on any atom is -0.480 e. The summed E-state index contributed by atoms with van der Waals surface area (Å²) in [6.07, 6.45) is 2.40. The molecule has 1 aliphatic rings. The van der Waals surface area contributed by atoms with Gasteiger partial charge in [0.1, 0.15) is 17.6 Å². The molecular weight excluding hydrogens is 365 g/mol. The maximum Gasteiger partial charge on any atom is 0.283 e. The summed E-state index contributed by atoms with van der Waals surface area (Å²) in [5, 5.41) is 2.70. The number of benzene rings is 1. The first-order valence-corrected chi connectivity index (χ1v) is 8.74. The van der Waals surface area contributed by atoms with Crippen molar-refractivity contribution >= 4 is 17.6 Å². The van der Waals surface area contributed by atoms with Gasteiger partial charge in [-0.2, -0.15) is 0 Å². The molecule has 0 saturated carbocycles. The molecule has 0 aliphatic carbocycles. The molecule has 0 saturated heterocycles. The summed E-state index contributed by atoms with van der Waals surface area (Å²) in [7, 11) is 1.46. The Hall–Kier alpha value is -3.23. The molecule has 8 nitrogen and oxygen atoms in total. The van der Waals surface area contributed by atoms with Gasteiger partial charge in [0, 0.05) is 17.2 Å². The maximum absolute atomic E-state index is 14.7. The van der Waals surface area contributed by atoms with Gasteiger partial charge in [0.2, 0.25) is 5.88 Å². The highest BCUT2D eigenvalue weighted by Crippen LogP contribution is 2.41. The van der Waals surface area contributed by atoms with Crippen molar-refractivity contribution in [2.24, 2.45) is 16.6 Å². The van der Waals surface area contributed by atoms with E-state index >= 15 is 0 Å². The smallest absolute Gasteiger partial charge is 0.283 e. The summed E-state index contributed by atoms with van der Waals surface area (Å²) in [6.45, 7) is 5.57. The number of amides is 1. The number of aromatic nitrogens is 2. The first-order valence-electron chi connectivity index (χ1n) is 8.74. The highest BCUT2D eigenvalue weighted by atomic mass is 19.1. The van der Waals surface area contributed by atoms with Gasteiger partial charge in [-0.3, -0.25) is 4.79 Å². The number of hydrogen-bond acceptors (Lipinski definition) is 7. The molecule has 148 valence electrons. The van der Waals surface area contributed by atoms with Gasteiger partial charge in [0.15, 0.2) is 0 Å². The lowest BCUT2D eigenvalue weighted by atomic mass is 9.77. The lowest BCUT2D eigenvalue weighted by Gasteiger charge is -2.40. The van der Waals surface area contributed by atoms with Crippen LogP contribution in [-0.2, 0) is 10.3 Å². The van der Waals surface area contributed by atoms with Crippen LogP contribution in [0.25, 0.3) is 0 Å². The number of aliphatic imine (C=N–C) groups is 1. The summed E-state index contributed by atoms with van der Waals surface area (Å²) < 4.78 is 25.0. The molecule has 1 aliphatic heterocycles. The van der Waals surface area contributed by atoms with E-state index in [0.29, 0.717) is 17.1 Å². The number of rotatable bonds is 4. The van der Waals surface area contributed by atoms with Gasteiger partial charge in [-0.1, -0.05) is 6.92 Å². The number of carbonyl (C=O) groups excluding carboxylic acids is 1. The standard InChI is InChI=1S/C19H22FN5O3/c1-10-11(2)28-18(21)25-19(10,3)13-7-12(5-6-14(13)20)24-17(26)15-8-23-16(27-4)9-22-15/h5-11H,1-4H3,(H2,21,25)(H,24,26)/t10-,11?,19-/m1/s1. The van der Waals surface area contributed by atoms with Gasteiger partial charge < -0.3 is 20.5 Å². The summed E-state index contributed by atoms with van der Waals surface area (Å²) >= 11 is 0. The van der Waals surface area contributed by atoms with Crippen LogP contribution in [0, 0.1) is 11.7 Å². The van der Waals surface area contributed by atoms with E-state index in [0.717, 1.165) is 0 Å². The van der Waals surface area contributed by atoms with Crippen molar-refractivity contribution in [3.8, 4) is 5.88 Å². The van der Waals surface area contributed by atoms with Crippen molar-refractivity contribution in [2.45, 2.75) is 32.4 Å². The molecule has 0 bridgehead atoms. The molecule has 3 atom stereocenters. The van der Waals surface area contributed by atoms with Crippen LogP contribution in [0.3, 0.4) is 0 Å². The van der Waals surface area contributed by atoms with Crippen LogP contribution >= 0.6 is 0 Å². The maximum atomic E-state index is 14.7. The number of nitrogens with zero attached hydrogens (tertiary/aromatic N) is 3. The van der Waals surface area contributed by atoms with Gasteiger partial charge in [-0.15, -0.1) is 0 Å². The Morgan fingerprint density at radius 2 is 2.07 bits per heavy atom. The SMILES string of the molecule is COc1cnc(C(=O)Nc2ccc(F)c([C@]3(C)N=C(N)OC(C)[C@H]3C)c2)cn1. The van der Waals surface area contributed by atoms with E-state index in [1.807, 2.05) is 13.8 Å². The lowest BCUT2D eigenvalue weighted by molar-refractivity contribution is 0.0703. The lowest BCUT2D eigenvalue weighted by Crippen LogP contribution is -2.45. The highest BCUT2D eigenvalue weighted by molar-refractivity contribution is 6.02. The minimum absolute atomic E-state index is 0.00967. The third-order valence-electron chi connectivity index (χ3n) is 5.08. The number of amidine groups is 1. The van der Waals surface area contributed by atoms with Gasteiger partial charge in [-0.25, -0.2) is 19.4 Å². The summed E-state index contributed by atoms with van der Waals surface area (Å²) in [5.74, 6) is -0.768. The Morgan fingerprint density at radius 1 is 1.32 bits per heavy atom. The van der Waals surface area contributed by atoms with Crippen LogP contribution in [0.5, 0.6) is 5.88 Å². The fraction of sp³-hybridized carbons (Fsp3) is 0.368. The third-order valence-corrected chi connectivity index (χ3v) is 5.08. The zero-order valence-electron chi connectivity index (χ0n) is 16.1. The molecule has 1 aromatic heterocycles. The van der Waals surface area contributed by atoms with Crippen molar-refractivity contribution < 1.29 is 18.7 Å². The molecule has 0 fully saturated rings. The zero-order valence-corrected chi connectivity index (χ0v) is 16.1. The molecule has 0 radical (unpaired) electrons. The van der Waals surface area contributed by atoms with E-state index in [1.165, 1.54) is 31.6 Å². The van der Waals surface area contributed by atoms with Crippen LogP contribution in [0.4, 0.5) is 10.1 Å². The fourth-order valence-electron chi connectivity index (χ4n) is 3.14. The first-order chi connectivity index (χ1) is 13.2. The van der Waals surface area contributed by atoms with E-state index < -0.39 is 17.3 Å². The Labute approximate surface area is 162 Å². The van der Waals surface area contributed by atoms with Crippen molar-refractivity contribution in [2.75, 3.05) is 12.4 Å². The molecule has 1 aromatic carbocycles. The molecule has 3 N–H and O–H groups in total. The third kappa shape index (κ3) is 3.60. The van der Waals surface area contributed by atoms with E-state index in [9.17, 15) is 9.18 Å². The number of anilines is 1. The molecule has 9 heteroatoms. The number of carbonyl (C=O) groups is 1. The Balaban J connectivity index is 1.91. The number of halogens is 1. The molecule has 28 heavy (non-hydrogen) atoms. The second kappa shape index (κ2) is 7.41. The average Bonchev–Trinajstić information content (AvgIpc) is 2.67. The van der Waals surface area contributed by atoms with Crippen LogP contribution in [0.2, 0.25) is 0 Å². The van der Waals surface area contributed by atoms with Crippen LogP contribution in [0.15, 0.2) is 35.6 Å². The molecule has 1 amide bonds. The second-order valence-electron chi connectivity index (χ2n) is 6.80. The van der Waals surface area contributed by atoms with Gasteiger partial charge in [-0.05, 0) is 32.0 Å². The fourth-order valence-corrected chi connectivity index (χ4v) is 3.14. The Bertz CT molecular complexity index is 918. The molecule has 3 rings (SSSR count). The van der Waals surface area contributed by atoms with Gasteiger partial charge in [0.25, 0.3) is 11.9 Å². The topological polar surface area (TPSA) is 112 Å². The van der Waals surface area contributed by atoms with Gasteiger partial charge in [0.05, 0.1) is 25.0 Å². The summed E-state index contributed by atoms with van der Waals surface area (Å²) in [5.41, 5.74) is 5.67. The van der Waals surface area contributed by atoms with Crippen LogP contribution < -0.4 is 15.8 Å². The van der Waals surface area contributed by atoms with Crippen LogP contribution in [0.1, 0.15) is 36.8 Å². The second-order valence-corrected chi connectivity index (χ2v) is 6.80. The zero-order chi connectivity index (χ0) is 20.5. The molecule has 2 aromatic rings. The largest absolute Gasteiger partial charge is 0.480 e. The molecule has 1 unspecified atom stereocenters. The quantitative estimate of drug-likeness (QED) is 0.833. The van der Waals surface area contributed by atoms with Crippen molar-refractivity contribution in [3.63, 3.8) is 0 Å². The molecular formula is C19H22FN5O3. The summed E-state index contributed by atoms with van der Waals surface area (Å²) in [6, 6.07) is 4.32. The number of ether oxygens (including phenoxy) is 2. The molecule has 0 spiro atoms. The van der Waals surface area contributed by atoms with Crippen LogP contribution in [-0.4, -0.2) is 35.1 Å². The van der Waals surface area contributed by atoms with Crippen molar-refractivity contribution in [1.82, 2.24) is 9.97 Å². The Morgan fingerprint density at radius 3 is 2.71 bits per heavy atom.